The fourth-order valence-electron chi connectivity index (χ4n) is 2.48. The second kappa shape index (κ2) is 6.10. The van der Waals surface area contributed by atoms with Gasteiger partial charge < -0.3 is 5.32 Å². The first-order valence-electron chi connectivity index (χ1n) is 7.44. The molecule has 2 aromatic carbocycles. The average Bonchev–Trinajstić information content (AvgIpc) is 2.89. The van der Waals surface area contributed by atoms with Crippen LogP contribution in [0.4, 0.5) is 0 Å². The van der Waals surface area contributed by atoms with E-state index >= 15 is 0 Å². The van der Waals surface area contributed by atoms with Gasteiger partial charge in [0, 0.05) is 18.0 Å². The Hall–Kier alpha value is -2.13. The Morgan fingerprint density at radius 2 is 1.86 bits per heavy atom. The number of hydrogen-bond acceptors (Lipinski definition) is 2. The van der Waals surface area contributed by atoms with Crippen molar-refractivity contribution in [3.63, 3.8) is 0 Å². The Balaban J connectivity index is 1.80. The zero-order chi connectivity index (χ0) is 14.7. The van der Waals surface area contributed by atoms with Gasteiger partial charge in [0.05, 0.1) is 18.3 Å². The van der Waals surface area contributed by atoms with E-state index in [2.05, 4.69) is 71.4 Å². The van der Waals surface area contributed by atoms with E-state index in [9.17, 15) is 0 Å². The Kier molecular flexibility index (Phi) is 4.02. The Bertz CT molecular complexity index is 728. The fourth-order valence-corrected chi connectivity index (χ4v) is 2.48. The van der Waals surface area contributed by atoms with Crippen LogP contribution in [-0.4, -0.2) is 15.8 Å². The Morgan fingerprint density at radius 3 is 2.71 bits per heavy atom. The van der Waals surface area contributed by atoms with Crippen LogP contribution in [0.1, 0.15) is 25.0 Å². The maximum atomic E-state index is 4.50. The lowest BCUT2D eigenvalue weighted by molar-refractivity contribution is 0.588. The number of aromatic nitrogens is 2. The molecule has 0 aliphatic carbocycles. The number of hydrogen-bond donors (Lipinski definition) is 1. The predicted octanol–water partition coefficient (Wildman–Crippen LogP) is 3.58. The molecular formula is C18H21N3. The van der Waals surface area contributed by atoms with E-state index in [-0.39, 0.29) is 0 Å². The van der Waals surface area contributed by atoms with Crippen LogP contribution in [0.2, 0.25) is 0 Å². The molecule has 0 aliphatic rings. The summed E-state index contributed by atoms with van der Waals surface area (Å²) in [4.78, 5) is 0. The summed E-state index contributed by atoms with van der Waals surface area (Å²) in [5, 5.41) is 9.14. The van der Waals surface area contributed by atoms with Gasteiger partial charge in [-0.3, -0.25) is 4.68 Å². The zero-order valence-corrected chi connectivity index (χ0v) is 12.6. The van der Waals surface area contributed by atoms with Crippen molar-refractivity contribution in [2.24, 2.45) is 0 Å². The summed E-state index contributed by atoms with van der Waals surface area (Å²) < 4.78 is 2.06. The van der Waals surface area contributed by atoms with Gasteiger partial charge in [0.25, 0.3) is 0 Å². The summed E-state index contributed by atoms with van der Waals surface area (Å²) in [7, 11) is 0. The molecule has 21 heavy (non-hydrogen) atoms. The van der Waals surface area contributed by atoms with Gasteiger partial charge in [0.1, 0.15) is 0 Å². The molecule has 0 saturated heterocycles. The molecule has 3 nitrogen and oxygen atoms in total. The number of rotatable bonds is 5. The number of nitrogens with one attached hydrogen (secondary N) is 1. The molecule has 0 radical (unpaired) electrons. The SMILES string of the molecule is CC(C)NCc1cccc(Cn2ncc3ccccc32)c1. The molecule has 0 spiro atoms. The summed E-state index contributed by atoms with van der Waals surface area (Å²) in [6, 6.07) is 17.5. The molecule has 0 bridgehead atoms. The van der Waals surface area contributed by atoms with Gasteiger partial charge >= 0.3 is 0 Å². The molecule has 0 aliphatic heterocycles. The van der Waals surface area contributed by atoms with Crippen molar-refractivity contribution in [1.29, 1.82) is 0 Å². The summed E-state index contributed by atoms with van der Waals surface area (Å²) in [6.45, 7) is 6.05. The van der Waals surface area contributed by atoms with Gasteiger partial charge in [0.2, 0.25) is 0 Å². The molecule has 3 heteroatoms. The number of fused-ring (bicyclic) bond motifs is 1. The van der Waals surface area contributed by atoms with Crippen LogP contribution >= 0.6 is 0 Å². The third kappa shape index (κ3) is 3.31. The smallest absolute Gasteiger partial charge is 0.0686 e. The van der Waals surface area contributed by atoms with Crippen molar-refractivity contribution in [2.45, 2.75) is 33.0 Å². The van der Waals surface area contributed by atoms with E-state index < -0.39 is 0 Å². The molecule has 108 valence electrons. The highest BCUT2D eigenvalue weighted by Gasteiger charge is 2.03. The third-order valence-electron chi connectivity index (χ3n) is 3.59. The molecule has 0 unspecified atom stereocenters. The van der Waals surface area contributed by atoms with Gasteiger partial charge in [-0.1, -0.05) is 56.3 Å². The Morgan fingerprint density at radius 1 is 1.05 bits per heavy atom. The van der Waals surface area contributed by atoms with Gasteiger partial charge in [-0.05, 0) is 17.2 Å². The topological polar surface area (TPSA) is 29.9 Å². The maximum Gasteiger partial charge on any atom is 0.0686 e. The van der Waals surface area contributed by atoms with Crippen LogP contribution in [0.3, 0.4) is 0 Å². The van der Waals surface area contributed by atoms with Crippen molar-refractivity contribution in [1.82, 2.24) is 15.1 Å². The van der Waals surface area contributed by atoms with Crippen molar-refractivity contribution in [2.75, 3.05) is 0 Å². The van der Waals surface area contributed by atoms with E-state index in [1.54, 1.807) is 0 Å². The summed E-state index contributed by atoms with van der Waals surface area (Å²) in [5.41, 5.74) is 3.78. The Labute approximate surface area is 125 Å². The molecule has 0 atom stereocenters. The zero-order valence-electron chi connectivity index (χ0n) is 12.6. The lowest BCUT2D eigenvalue weighted by Gasteiger charge is -2.10. The molecule has 1 aromatic heterocycles. The van der Waals surface area contributed by atoms with Gasteiger partial charge in [-0.15, -0.1) is 0 Å². The average molecular weight is 279 g/mol. The minimum absolute atomic E-state index is 0.503. The maximum absolute atomic E-state index is 4.50. The highest BCUT2D eigenvalue weighted by Crippen LogP contribution is 2.15. The third-order valence-corrected chi connectivity index (χ3v) is 3.59. The molecule has 1 heterocycles. The molecule has 0 amide bonds. The van der Waals surface area contributed by atoms with Gasteiger partial charge in [0.15, 0.2) is 0 Å². The van der Waals surface area contributed by atoms with Crippen molar-refractivity contribution >= 4 is 10.9 Å². The minimum atomic E-state index is 0.503. The fraction of sp³-hybridized carbons (Fsp3) is 0.278. The second-order valence-corrected chi connectivity index (χ2v) is 5.72. The van der Waals surface area contributed by atoms with E-state index in [4.69, 9.17) is 0 Å². The minimum Gasteiger partial charge on any atom is -0.310 e. The molecule has 0 saturated carbocycles. The van der Waals surface area contributed by atoms with Crippen molar-refractivity contribution < 1.29 is 0 Å². The second-order valence-electron chi connectivity index (χ2n) is 5.72. The molecular weight excluding hydrogens is 258 g/mol. The predicted molar refractivity (Wildman–Crippen MR) is 87.3 cm³/mol. The van der Waals surface area contributed by atoms with E-state index in [0.29, 0.717) is 6.04 Å². The van der Waals surface area contributed by atoms with Crippen LogP contribution in [-0.2, 0) is 13.1 Å². The van der Waals surface area contributed by atoms with Crippen LogP contribution in [0.5, 0.6) is 0 Å². The number of para-hydroxylation sites is 1. The standard InChI is InChI=1S/C18H21N3/c1-14(2)19-11-15-6-5-7-16(10-15)13-21-18-9-4-3-8-17(18)12-20-21/h3-10,12,14,19H,11,13H2,1-2H3. The van der Waals surface area contributed by atoms with Crippen LogP contribution in [0, 0.1) is 0 Å². The number of nitrogens with zero attached hydrogens (tertiary/aromatic N) is 2. The first-order valence-corrected chi connectivity index (χ1v) is 7.44. The van der Waals surface area contributed by atoms with Gasteiger partial charge in [-0.2, -0.15) is 5.10 Å². The molecule has 0 fully saturated rings. The quantitative estimate of drug-likeness (QED) is 0.773. The number of benzene rings is 2. The first-order chi connectivity index (χ1) is 10.2. The monoisotopic (exact) mass is 279 g/mol. The lowest BCUT2D eigenvalue weighted by atomic mass is 10.1. The van der Waals surface area contributed by atoms with Crippen LogP contribution in [0.25, 0.3) is 10.9 Å². The van der Waals surface area contributed by atoms with E-state index in [1.807, 2.05) is 12.3 Å². The summed E-state index contributed by atoms with van der Waals surface area (Å²) >= 11 is 0. The van der Waals surface area contributed by atoms with Crippen molar-refractivity contribution in [3.05, 3.63) is 65.9 Å². The van der Waals surface area contributed by atoms with E-state index in [1.165, 1.54) is 22.0 Å². The molecule has 3 rings (SSSR count). The normalized spacial score (nSPS) is 11.4. The largest absolute Gasteiger partial charge is 0.310 e. The van der Waals surface area contributed by atoms with Crippen LogP contribution in [0.15, 0.2) is 54.7 Å². The highest BCUT2D eigenvalue weighted by atomic mass is 15.3. The highest BCUT2D eigenvalue weighted by molar-refractivity contribution is 5.78. The molecule has 3 aromatic rings. The van der Waals surface area contributed by atoms with Crippen molar-refractivity contribution in [3.8, 4) is 0 Å². The van der Waals surface area contributed by atoms with E-state index in [0.717, 1.165) is 13.1 Å². The molecule has 1 N–H and O–H groups in total. The summed E-state index contributed by atoms with van der Waals surface area (Å²) in [6.07, 6.45) is 1.93. The lowest BCUT2D eigenvalue weighted by Crippen LogP contribution is -2.21. The summed E-state index contributed by atoms with van der Waals surface area (Å²) in [5.74, 6) is 0. The van der Waals surface area contributed by atoms with Crippen LogP contribution < -0.4 is 5.32 Å². The van der Waals surface area contributed by atoms with Gasteiger partial charge in [-0.25, -0.2) is 0 Å². The first kappa shape index (κ1) is 13.8.